The second-order valence-electron chi connectivity index (χ2n) is 39.2. The Morgan fingerprint density at radius 3 is 0.718 bits per heavy atom. The summed E-state index contributed by atoms with van der Waals surface area (Å²) in [5.41, 5.74) is 28.6. The molecule has 0 aliphatic carbocycles. The highest BCUT2D eigenvalue weighted by molar-refractivity contribution is 6.28. The maximum Gasteiger partial charge on any atom is 0.221 e. The molecule has 15 nitrogen and oxygen atoms in total. The number of hydrogen-bond donors (Lipinski definition) is 0. The second kappa shape index (κ2) is 31.1. The van der Waals surface area contributed by atoms with Crippen LogP contribution < -0.4 is 0 Å². The molecule has 0 N–H and O–H groups in total. The van der Waals surface area contributed by atoms with Crippen LogP contribution in [0.2, 0.25) is 0 Å². The average molecular weight is 1900 g/mol. The normalized spacial score (nSPS) is 12.3. The Hall–Kier alpha value is -20.4. The molecule has 23 aromatic carbocycles. The lowest BCUT2D eigenvalue weighted by molar-refractivity contribution is 0.979. The molecule has 0 aliphatic heterocycles. The van der Waals surface area contributed by atoms with Gasteiger partial charge < -0.3 is 13.7 Å². The van der Waals surface area contributed by atoms with Gasteiger partial charge in [0.2, 0.25) is 17.8 Å². The summed E-state index contributed by atoms with van der Waals surface area (Å²) in [7, 11) is 0. The van der Waals surface area contributed by atoms with Crippen molar-refractivity contribution in [1.82, 2.24) is 70.5 Å². The van der Waals surface area contributed by atoms with Gasteiger partial charge >= 0.3 is 0 Å². The standard InChI is InChI=1S/2C46H27N5.C42H25N5/c1-3-13-31-28(11-1)22-25-42-43(31)36-27-30(49-39-19-9-6-15-33(39)34-24-21-29-12-2-4-14-32(29)44(34)49)23-26-40(36)50(42)46-48-37-17-7-5-16-35(37)45-47-38-18-8-10-20-41(38)51(45)46;1-3-13-31-28(11-1)21-24-41-43(31)34-16-6-9-19-38(34)49(41)30-23-26-39-35(27-30)44-32-14-4-2-12-29(32)22-25-42(44)50(39)46-48-36-17-7-5-15-33(36)45-47-37-18-8-10-20-40(37)51(45)46;1-2-12-28-26(11-1)21-23-39-40(28)32-25-27(45-35-18-8-4-13-29(35)30-14-5-9-19-36(30)45)22-24-37(32)46(39)42-44-33-16-6-3-15-31(33)41-43-34-17-7-10-20-38(34)47(41)42/h2*1-27H;1-25H. The minimum Gasteiger partial charge on any atom is -0.309 e. The molecule has 0 unspecified atom stereocenters. The summed E-state index contributed by atoms with van der Waals surface area (Å²) in [6.45, 7) is 0. The molecule has 15 heteroatoms. The molecular formula is C134H79N15. The van der Waals surface area contributed by atoms with E-state index in [2.05, 4.69) is 514 Å². The first-order valence-electron chi connectivity index (χ1n) is 50.6. The molecule has 0 bridgehead atoms. The molecule has 35 aromatic rings. The number of rotatable bonds is 6. The molecular weight excluding hydrogens is 1820 g/mol. The highest BCUT2D eigenvalue weighted by Gasteiger charge is 2.30. The molecule has 0 amide bonds. The number of fused-ring (bicyclic) bond motifs is 43. The van der Waals surface area contributed by atoms with E-state index in [1.54, 1.807) is 0 Å². The largest absolute Gasteiger partial charge is 0.309 e. The van der Waals surface area contributed by atoms with Crippen molar-refractivity contribution >= 4 is 267 Å². The van der Waals surface area contributed by atoms with Crippen molar-refractivity contribution in [2.24, 2.45) is 0 Å². The van der Waals surface area contributed by atoms with Crippen LogP contribution in [0, 0.1) is 0 Å². The number of para-hydroxylation sites is 13. The second-order valence-corrected chi connectivity index (χ2v) is 39.2. The van der Waals surface area contributed by atoms with Crippen molar-refractivity contribution in [3.05, 3.63) is 479 Å². The Bertz CT molecular complexity index is 12000. The van der Waals surface area contributed by atoms with Gasteiger partial charge in [0.1, 0.15) is 16.9 Å². The van der Waals surface area contributed by atoms with Gasteiger partial charge in [-0.25, -0.2) is 29.9 Å². The van der Waals surface area contributed by atoms with Crippen LogP contribution in [0.4, 0.5) is 0 Å². The van der Waals surface area contributed by atoms with Crippen LogP contribution in [0.5, 0.6) is 0 Å². The van der Waals surface area contributed by atoms with E-state index in [4.69, 9.17) is 29.9 Å². The predicted octanol–water partition coefficient (Wildman–Crippen LogP) is 33.5. The van der Waals surface area contributed by atoms with Crippen LogP contribution in [0.1, 0.15) is 0 Å². The summed E-state index contributed by atoms with van der Waals surface area (Å²) in [4.78, 5) is 31.7. The minimum atomic E-state index is 0.822. The van der Waals surface area contributed by atoms with Crippen LogP contribution >= 0.6 is 0 Å². The third kappa shape index (κ3) is 11.6. The Labute approximate surface area is 846 Å². The van der Waals surface area contributed by atoms with E-state index < -0.39 is 0 Å². The highest BCUT2D eigenvalue weighted by atomic mass is 15.3. The van der Waals surface area contributed by atoms with Crippen molar-refractivity contribution in [1.29, 1.82) is 0 Å². The maximum atomic E-state index is 5.42. The quantitative estimate of drug-likeness (QED) is 0.164. The first-order valence-corrected chi connectivity index (χ1v) is 50.6. The molecule has 0 atom stereocenters. The summed E-state index contributed by atoms with van der Waals surface area (Å²) < 4.78 is 21.0. The lowest BCUT2D eigenvalue weighted by Crippen LogP contribution is -2.06. The zero-order chi connectivity index (χ0) is 97.1. The monoisotopic (exact) mass is 1900 g/mol. The Morgan fingerprint density at radius 1 is 0.128 bits per heavy atom. The van der Waals surface area contributed by atoms with Gasteiger partial charge in [-0.2, -0.15) is 0 Å². The fourth-order valence-electron chi connectivity index (χ4n) is 25.0. The predicted molar refractivity (Wildman–Crippen MR) is 618 cm³/mol. The summed E-state index contributed by atoms with van der Waals surface area (Å²) in [6, 6.07) is 172. The third-order valence-electron chi connectivity index (χ3n) is 31.4. The van der Waals surface area contributed by atoms with Gasteiger partial charge in [-0.1, -0.05) is 303 Å². The average Bonchev–Trinajstić information content (AvgIpc) is 1.56. The van der Waals surface area contributed by atoms with Gasteiger partial charge in [0.25, 0.3) is 0 Å². The van der Waals surface area contributed by atoms with E-state index in [1.807, 2.05) is 6.07 Å². The molecule has 0 aliphatic rings. The van der Waals surface area contributed by atoms with Gasteiger partial charge in [-0.3, -0.25) is 26.9 Å². The van der Waals surface area contributed by atoms with Crippen LogP contribution in [0.25, 0.3) is 302 Å². The summed E-state index contributed by atoms with van der Waals surface area (Å²) in [6.07, 6.45) is 0. The Kier molecular flexibility index (Phi) is 16.9. The van der Waals surface area contributed by atoms with Crippen LogP contribution in [0.15, 0.2) is 479 Å². The fourth-order valence-corrected chi connectivity index (χ4v) is 25.0. The Morgan fingerprint density at radius 2 is 0.356 bits per heavy atom. The molecule has 690 valence electrons. The van der Waals surface area contributed by atoms with Crippen LogP contribution in [-0.4, -0.2) is 70.5 Å². The van der Waals surface area contributed by atoms with E-state index in [0.29, 0.717) is 0 Å². The van der Waals surface area contributed by atoms with Crippen LogP contribution in [-0.2, 0) is 0 Å². The zero-order valence-corrected chi connectivity index (χ0v) is 79.8. The molecule has 0 fully saturated rings. The van der Waals surface area contributed by atoms with E-state index in [-0.39, 0.29) is 0 Å². The molecule has 0 saturated carbocycles. The van der Waals surface area contributed by atoms with E-state index in [1.165, 1.54) is 152 Å². The summed E-state index contributed by atoms with van der Waals surface area (Å²) in [5, 5.41) is 30.1. The molecule has 12 heterocycles. The van der Waals surface area contributed by atoms with E-state index in [9.17, 15) is 0 Å². The SMILES string of the molecule is c1ccc2c(c1)ccc1c2c2cc(-n3c4ccccc4c4ccc5ccccc5c43)ccc2n1-c1nc2ccccc2c2nc3ccccc3n12.c1ccc2c(c1)ccc1c2c2cc(-n3c4ccccc4c4ccccc43)ccc2n1-c1nc2ccccc2c2nc3ccccc3n12.c1ccc2c(c1)ccc1c2c2ccccc2n1-c1ccc2c(c1)c1c3ccccc3ccc1n2-c1nc2ccccc2c2nc3ccccc3n12. The van der Waals surface area contributed by atoms with Gasteiger partial charge in [-0.05, 0) is 224 Å². The Balaban J connectivity index is 0.0000000971. The van der Waals surface area contributed by atoms with E-state index in [0.717, 1.165) is 151 Å². The molecule has 0 saturated heterocycles. The smallest absolute Gasteiger partial charge is 0.221 e. The molecule has 35 rings (SSSR count). The van der Waals surface area contributed by atoms with E-state index >= 15 is 0 Å². The van der Waals surface area contributed by atoms with Crippen molar-refractivity contribution in [2.45, 2.75) is 0 Å². The number of nitrogens with zero attached hydrogens (tertiary/aromatic N) is 15. The van der Waals surface area contributed by atoms with Gasteiger partial charge in [0, 0.05) is 103 Å². The molecule has 0 radical (unpaired) electrons. The lowest BCUT2D eigenvalue weighted by atomic mass is 10.0. The van der Waals surface area contributed by atoms with Gasteiger partial charge in [0.05, 0.1) is 116 Å². The van der Waals surface area contributed by atoms with Crippen molar-refractivity contribution < 1.29 is 0 Å². The number of aromatic nitrogens is 15. The lowest BCUT2D eigenvalue weighted by Gasteiger charge is -2.13. The zero-order valence-electron chi connectivity index (χ0n) is 79.8. The minimum absolute atomic E-state index is 0.822. The summed E-state index contributed by atoms with van der Waals surface area (Å²) in [5.74, 6) is 2.47. The molecule has 0 spiro atoms. The highest BCUT2D eigenvalue weighted by Crippen LogP contribution is 2.49. The van der Waals surface area contributed by atoms with Crippen molar-refractivity contribution in [2.75, 3.05) is 0 Å². The molecule has 12 aromatic heterocycles. The fraction of sp³-hybridized carbons (Fsp3) is 0. The van der Waals surface area contributed by atoms with Crippen LogP contribution in [0.3, 0.4) is 0 Å². The topological polar surface area (TPSA) is 120 Å². The van der Waals surface area contributed by atoms with Crippen molar-refractivity contribution in [3.8, 4) is 34.9 Å². The number of imidazole rings is 3. The van der Waals surface area contributed by atoms with Crippen molar-refractivity contribution in [3.63, 3.8) is 0 Å². The van der Waals surface area contributed by atoms with Gasteiger partial charge in [-0.15, -0.1) is 0 Å². The van der Waals surface area contributed by atoms with Gasteiger partial charge in [0.15, 0.2) is 0 Å². The number of benzene rings is 23. The molecule has 149 heavy (non-hydrogen) atoms. The first-order chi connectivity index (χ1) is 74.0. The number of hydrogen-bond acceptors (Lipinski definition) is 6. The maximum absolute atomic E-state index is 5.42. The third-order valence-corrected chi connectivity index (χ3v) is 31.4. The first kappa shape index (κ1) is 81.2. The summed E-state index contributed by atoms with van der Waals surface area (Å²) >= 11 is 0.